The predicted octanol–water partition coefficient (Wildman–Crippen LogP) is 3.14. The zero-order valence-corrected chi connectivity index (χ0v) is 8.78. The van der Waals surface area contributed by atoms with Crippen LogP contribution in [0, 0.1) is 0 Å². The molecule has 0 spiro atoms. The van der Waals surface area contributed by atoms with Gasteiger partial charge in [-0.3, -0.25) is 0 Å². The number of hydrogen-bond donors (Lipinski definition) is 1. The molecule has 0 aliphatic heterocycles. The first kappa shape index (κ1) is 10.2. The third-order valence-corrected chi connectivity index (χ3v) is 2.72. The predicted molar refractivity (Wildman–Crippen MR) is 60.9 cm³/mol. The van der Waals surface area contributed by atoms with Crippen molar-refractivity contribution < 1.29 is 9.52 Å². The van der Waals surface area contributed by atoms with Crippen LogP contribution in [-0.2, 0) is 6.42 Å². The maximum Gasteiger partial charge on any atom is 0.0984 e. The standard InChI is InChI=1S/C13H16O2/c14-8-3-1-2-5-11-6-4-7-12-9-15-10-13(11)12/h4,6-7,9-10,14H,1-3,5,8H2. The van der Waals surface area contributed by atoms with E-state index in [2.05, 4.69) is 18.2 Å². The topological polar surface area (TPSA) is 33.4 Å². The van der Waals surface area contributed by atoms with Crippen LogP contribution in [0.5, 0.6) is 0 Å². The number of unbranched alkanes of at least 4 members (excludes halogenated alkanes) is 2. The van der Waals surface area contributed by atoms with Gasteiger partial charge in [0.05, 0.1) is 12.5 Å². The summed E-state index contributed by atoms with van der Waals surface area (Å²) in [6.07, 6.45) is 7.79. The van der Waals surface area contributed by atoms with Crippen molar-refractivity contribution in [3.63, 3.8) is 0 Å². The molecular weight excluding hydrogens is 188 g/mol. The molecule has 2 aromatic rings. The Bertz CT molecular complexity index is 417. The van der Waals surface area contributed by atoms with E-state index in [-0.39, 0.29) is 0 Å². The number of furan rings is 1. The van der Waals surface area contributed by atoms with Crippen molar-refractivity contribution in [2.45, 2.75) is 25.7 Å². The highest BCUT2D eigenvalue weighted by Crippen LogP contribution is 2.21. The molecule has 1 N–H and O–H groups in total. The van der Waals surface area contributed by atoms with Crippen molar-refractivity contribution >= 4 is 10.8 Å². The van der Waals surface area contributed by atoms with Gasteiger partial charge in [0.25, 0.3) is 0 Å². The Morgan fingerprint density at radius 1 is 1.07 bits per heavy atom. The number of aryl methyl sites for hydroxylation is 1. The lowest BCUT2D eigenvalue weighted by Crippen LogP contribution is -1.88. The molecule has 0 amide bonds. The van der Waals surface area contributed by atoms with Gasteiger partial charge >= 0.3 is 0 Å². The summed E-state index contributed by atoms with van der Waals surface area (Å²) in [5, 5.41) is 11.1. The van der Waals surface area contributed by atoms with Gasteiger partial charge in [-0.25, -0.2) is 0 Å². The van der Waals surface area contributed by atoms with E-state index in [1.165, 1.54) is 16.3 Å². The van der Waals surface area contributed by atoms with Gasteiger partial charge in [0.2, 0.25) is 0 Å². The molecule has 0 atom stereocenters. The fourth-order valence-corrected chi connectivity index (χ4v) is 1.88. The fourth-order valence-electron chi connectivity index (χ4n) is 1.88. The minimum Gasteiger partial charge on any atom is -0.471 e. The quantitative estimate of drug-likeness (QED) is 0.759. The van der Waals surface area contributed by atoms with Crippen molar-refractivity contribution in [2.75, 3.05) is 6.61 Å². The molecule has 2 heteroatoms. The van der Waals surface area contributed by atoms with Crippen molar-refractivity contribution in [2.24, 2.45) is 0 Å². The second-order valence-corrected chi connectivity index (χ2v) is 3.83. The largest absolute Gasteiger partial charge is 0.471 e. The van der Waals surface area contributed by atoms with E-state index in [4.69, 9.17) is 9.52 Å². The number of hydrogen-bond acceptors (Lipinski definition) is 2. The SMILES string of the molecule is OCCCCCc1cccc2cocc12. The molecule has 1 aromatic heterocycles. The molecule has 1 heterocycles. The third-order valence-electron chi connectivity index (χ3n) is 2.72. The van der Waals surface area contributed by atoms with E-state index in [0.29, 0.717) is 6.61 Å². The van der Waals surface area contributed by atoms with E-state index in [1.54, 1.807) is 6.26 Å². The van der Waals surface area contributed by atoms with Crippen LogP contribution in [0.2, 0.25) is 0 Å². The Kier molecular flexibility index (Phi) is 3.41. The van der Waals surface area contributed by atoms with Gasteiger partial charge in [0, 0.05) is 17.4 Å². The molecule has 0 aliphatic carbocycles. The lowest BCUT2D eigenvalue weighted by Gasteiger charge is -2.02. The maximum atomic E-state index is 8.69. The smallest absolute Gasteiger partial charge is 0.0984 e. The molecule has 0 unspecified atom stereocenters. The highest BCUT2D eigenvalue weighted by atomic mass is 16.3. The highest BCUT2D eigenvalue weighted by molar-refractivity contribution is 5.84. The average Bonchev–Trinajstić information content (AvgIpc) is 2.73. The molecule has 0 bridgehead atoms. The molecule has 80 valence electrons. The third kappa shape index (κ3) is 2.39. The van der Waals surface area contributed by atoms with Gasteiger partial charge in [0.1, 0.15) is 0 Å². The zero-order valence-electron chi connectivity index (χ0n) is 8.78. The molecule has 0 fully saturated rings. The normalized spacial score (nSPS) is 11.0. The van der Waals surface area contributed by atoms with E-state index >= 15 is 0 Å². The van der Waals surface area contributed by atoms with Gasteiger partial charge in [0.15, 0.2) is 0 Å². The molecule has 2 rings (SSSR count). The molecule has 0 radical (unpaired) electrons. The van der Waals surface area contributed by atoms with Crippen LogP contribution in [0.25, 0.3) is 10.8 Å². The maximum absolute atomic E-state index is 8.69. The van der Waals surface area contributed by atoms with Crippen LogP contribution in [-0.4, -0.2) is 11.7 Å². The Hall–Kier alpha value is -1.28. The van der Waals surface area contributed by atoms with Crippen LogP contribution >= 0.6 is 0 Å². The summed E-state index contributed by atoms with van der Waals surface area (Å²) >= 11 is 0. The summed E-state index contributed by atoms with van der Waals surface area (Å²) in [5.74, 6) is 0. The first-order valence-corrected chi connectivity index (χ1v) is 5.46. The van der Waals surface area contributed by atoms with Crippen LogP contribution in [0.4, 0.5) is 0 Å². The van der Waals surface area contributed by atoms with Crippen LogP contribution in [0.3, 0.4) is 0 Å². The summed E-state index contributed by atoms with van der Waals surface area (Å²) in [6.45, 7) is 0.301. The van der Waals surface area contributed by atoms with Crippen molar-refractivity contribution in [1.29, 1.82) is 0 Å². The lowest BCUT2D eigenvalue weighted by molar-refractivity contribution is 0.283. The minimum absolute atomic E-state index is 0.301. The lowest BCUT2D eigenvalue weighted by atomic mass is 10.0. The number of benzene rings is 1. The van der Waals surface area contributed by atoms with Gasteiger partial charge in [-0.1, -0.05) is 24.6 Å². The molecule has 0 saturated carbocycles. The van der Waals surface area contributed by atoms with Crippen LogP contribution < -0.4 is 0 Å². The van der Waals surface area contributed by atoms with Crippen LogP contribution in [0.1, 0.15) is 24.8 Å². The fraction of sp³-hybridized carbons (Fsp3) is 0.385. The van der Waals surface area contributed by atoms with Gasteiger partial charge in [-0.15, -0.1) is 0 Å². The monoisotopic (exact) mass is 204 g/mol. The van der Waals surface area contributed by atoms with Gasteiger partial charge in [-0.2, -0.15) is 0 Å². The number of fused-ring (bicyclic) bond motifs is 1. The Morgan fingerprint density at radius 2 is 2.00 bits per heavy atom. The number of rotatable bonds is 5. The van der Waals surface area contributed by atoms with E-state index in [9.17, 15) is 0 Å². The summed E-state index contributed by atoms with van der Waals surface area (Å²) in [4.78, 5) is 0. The molecule has 0 saturated heterocycles. The van der Waals surface area contributed by atoms with E-state index < -0.39 is 0 Å². The summed E-state index contributed by atoms with van der Waals surface area (Å²) in [6, 6.07) is 6.28. The average molecular weight is 204 g/mol. The van der Waals surface area contributed by atoms with Crippen molar-refractivity contribution in [3.05, 3.63) is 36.3 Å². The summed E-state index contributed by atoms with van der Waals surface area (Å²) in [5.41, 5.74) is 1.35. The Balaban J connectivity index is 2.04. The summed E-state index contributed by atoms with van der Waals surface area (Å²) < 4.78 is 5.19. The van der Waals surface area contributed by atoms with E-state index in [0.717, 1.165) is 25.7 Å². The number of aliphatic hydroxyl groups is 1. The van der Waals surface area contributed by atoms with Gasteiger partial charge < -0.3 is 9.52 Å². The molecule has 1 aromatic carbocycles. The first-order valence-electron chi connectivity index (χ1n) is 5.46. The molecule has 15 heavy (non-hydrogen) atoms. The zero-order chi connectivity index (χ0) is 10.5. The van der Waals surface area contributed by atoms with Crippen molar-refractivity contribution in [3.8, 4) is 0 Å². The van der Waals surface area contributed by atoms with Crippen molar-refractivity contribution in [1.82, 2.24) is 0 Å². The molecule has 2 nitrogen and oxygen atoms in total. The van der Waals surface area contributed by atoms with Crippen LogP contribution in [0.15, 0.2) is 35.1 Å². The minimum atomic E-state index is 0.301. The Labute approximate surface area is 89.5 Å². The Morgan fingerprint density at radius 3 is 2.87 bits per heavy atom. The molecule has 0 aliphatic rings. The second kappa shape index (κ2) is 4.99. The summed E-state index contributed by atoms with van der Waals surface area (Å²) in [7, 11) is 0. The molecular formula is C13H16O2. The highest BCUT2D eigenvalue weighted by Gasteiger charge is 2.01. The van der Waals surface area contributed by atoms with Gasteiger partial charge in [-0.05, 0) is 24.8 Å². The van der Waals surface area contributed by atoms with E-state index in [1.807, 2.05) is 6.26 Å². The number of aliphatic hydroxyl groups excluding tert-OH is 1. The second-order valence-electron chi connectivity index (χ2n) is 3.83. The first-order chi connectivity index (χ1) is 7.42.